The zero-order chi connectivity index (χ0) is 15.0. The summed E-state index contributed by atoms with van der Waals surface area (Å²) in [7, 11) is 0. The summed E-state index contributed by atoms with van der Waals surface area (Å²) in [5.74, 6) is -0.405. The van der Waals surface area contributed by atoms with Crippen molar-refractivity contribution in [1.82, 2.24) is 14.9 Å². The van der Waals surface area contributed by atoms with E-state index in [9.17, 15) is 14.7 Å². The largest absolute Gasteiger partial charge is 0.477 e. The highest BCUT2D eigenvalue weighted by Crippen LogP contribution is 2.40. The van der Waals surface area contributed by atoms with Crippen molar-refractivity contribution >= 4 is 35.4 Å². The van der Waals surface area contributed by atoms with Gasteiger partial charge in [0.1, 0.15) is 22.1 Å². The third kappa shape index (κ3) is 2.52. The Morgan fingerprint density at radius 3 is 3.05 bits per heavy atom. The number of carbonyl (C=O) groups is 2. The van der Waals surface area contributed by atoms with Crippen LogP contribution in [0, 0.1) is 0 Å². The van der Waals surface area contributed by atoms with E-state index in [0.29, 0.717) is 22.1 Å². The van der Waals surface area contributed by atoms with Gasteiger partial charge in [-0.3, -0.25) is 14.7 Å². The molecular weight excluding hydrogens is 312 g/mol. The van der Waals surface area contributed by atoms with E-state index >= 15 is 0 Å². The van der Waals surface area contributed by atoms with Gasteiger partial charge in [0.05, 0.1) is 6.20 Å². The van der Waals surface area contributed by atoms with E-state index in [0.717, 1.165) is 0 Å². The van der Waals surface area contributed by atoms with E-state index in [1.165, 1.54) is 28.4 Å². The smallest absolute Gasteiger partial charge is 0.352 e. The Bertz CT molecular complexity index is 622. The van der Waals surface area contributed by atoms with E-state index < -0.39 is 12.0 Å². The number of hydrogen-bond donors (Lipinski definition) is 2. The molecule has 1 aromatic heterocycles. The molecule has 1 fully saturated rings. The number of fused-ring (bicyclic) bond motifs is 1. The molecule has 3 N–H and O–H groups in total. The van der Waals surface area contributed by atoms with Crippen molar-refractivity contribution in [3.8, 4) is 0 Å². The van der Waals surface area contributed by atoms with Gasteiger partial charge >= 0.3 is 5.97 Å². The normalized spacial score (nSPS) is 24.6. The van der Waals surface area contributed by atoms with Gasteiger partial charge in [-0.1, -0.05) is 0 Å². The Morgan fingerprint density at radius 1 is 1.57 bits per heavy atom. The summed E-state index contributed by atoms with van der Waals surface area (Å²) in [5.41, 5.74) is 6.48. The van der Waals surface area contributed by atoms with Crippen molar-refractivity contribution in [3.05, 3.63) is 29.9 Å². The first-order chi connectivity index (χ1) is 10.1. The molecule has 0 aromatic carbocycles. The van der Waals surface area contributed by atoms with Gasteiger partial charge in [-0.05, 0) is 5.57 Å². The van der Waals surface area contributed by atoms with Crippen LogP contribution < -0.4 is 5.73 Å². The second-order valence-corrected chi connectivity index (χ2v) is 6.63. The van der Waals surface area contributed by atoms with Gasteiger partial charge in [-0.15, -0.1) is 23.5 Å². The van der Waals surface area contributed by atoms with Gasteiger partial charge in [-0.2, -0.15) is 0 Å². The van der Waals surface area contributed by atoms with Crippen LogP contribution in [0.4, 0.5) is 0 Å². The summed E-state index contributed by atoms with van der Waals surface area (Å²) in [5, 5.41) is 9.85. The van der Waals surface area contributed by atoms with Gasteiger partial charge < -0.3 is 10.8 Å². The Kier molecular flexibility index (Phi) is 3.87. The van der Waals surface area contributed by atoms with E-state index in [4.69, 9.17) is 5.73 Å². The third-order valence-corrected chi connectivity index (χ3v) is 5.58. The lowest BCUT2D eigenvalue weighted by Crippen LogP contribution is -2.68. The molecule has 7 nitrogen and oxygen atoms in total. The number of nitrogens with two attached hydrogens (primary N) is 1. The first kappa shape index (κ1) is 14.4. The fourth-order valence-corrected chi connectivity index (χ4v) is 4.47. The molecular formula is C12H12N4O3S2. The van der Waals surface area contributed by atoms with Crippen molar-refractivity contribution in [2.24, 2.45) is 5.73 Å². The Hall–Kier alpha value is -1.58. The molecule has 0 bridgehead atoms. The standard InChI is InChI=1S/C12H12N4O3S2/c13-8-10(17)16-9(12(18)19)6(5-21-11(8)16)4-20-7-3-14-1-2-15-7/h1-3,8,11H,4-5,13H2,(H,18,19)/t8?,11-/m0/s1. The van der Waals surface area contributed by atoms with E-state index in [2.05, 4.69) is 9.97 Å². The van der Waals surface area contributed by atoms with Gasteiger partial charge in [-0.25, -0.2) is 9.78 Å². The Morgan fingerprint density at radius 2 is 2.38 bits per heavy atom. The molecule has 2 aliphatic rings. The average molecular weight is 324 g/mol. The average Bonchev–Trinajstić information content (AvgIpc) is 2.52. The number of amides is 1. The molecule has 1 amide bonds. The first-order valence-corrected chi connectivity index (χ1v) is 8.17. The van der Waals surface area contributed by atoms with Gasteiger partial charge in [0.25, 0.3) is 0 Å². The molecule has 9 heteroatoms. The number of aromatic nitrogens is 2. The monoisotopic (exact) mass is 324 g/mol. The maximum atomic E-state index is 11.8. The van der Waals surface area contributed by atoms with Crippen molar-refractivity contribution in [3.63, 3.8) is 0 Å². The minimum atomic E-state index is -1.09. The molecule has 0 saturated carbocycles. The van der Waals surface area contributed by atoms with Gasteiger partial charge in [0.15, 0.2) is 0 Å². The lowest BCUT2D eigenvalue weighted by atomic mass is 10.0. The van der Waals surface area contributed by atoms with E-state index in [1.54, 1.807) is 18.6 Å². The predicted molar refractivity (Wildman–Crippen MR) is 78.5 cm³/mol. The number of β-lactam (4-membered cyclic amide) rings is 1. The molecule has 0 radical (unpaired) electrons. The number of hydrogen-bond acceptors (Lipinski definition) is 7. The number of carbonyl (C=O) groups excluding carboxylic acids is 1. The summed E-state index contributed by atoms with van der Waals surface area (Å²) < 4.78 is 0. The highest BCUT2D eigenvalue weighted by Gasteiger charge is 2.51. The van der Waals surface area contributed by atoms with Crippen LogP contribution >= 0.6 is 23.5 Å². The predicted octanol–water partition coefficient (Wildman–Crippen LogP) is 0.150. The molecule has 1 unspecified atom stereocenters. The van der Waals surface area contributed by atoms with Crippen LogP contribution in [0.2, 0.25) is 0 Å². The van der Waals surface area contributed by atoms with Crippen LogP contribution in [0.5, 0.6) is 0 Å². The lowest BCUT2D eigenvalue weighted by Gasteiger charge is -2.48. The number of aliphatic carboxylic acids is 1. The Balaban J connectivity index is 1.81. The topological polar surface area (TPSA) is 109 Å². The molecule has 110 valence electrons. The fourth-order valence-electron chi connectivity index (χ4n) is 2.21. The highest BCUT2D eigenvalue weighted by molar-refractivity contribution is 8.01. The van der Waals surface area contributed by atoms with Crippen molar-refractivity contribution in [1.29, 1.82) is 0 Å². The zero-order valence-electron chi connectivity index (χ0n) is 10.8. The number of thioether (sulfide) groups is 2. The molecule has 1 aromatic rings. The minimum Gasteiger partial charge on any atom is -0.477 e. The van der Waals surface area contributed by atoms with Crippen LogP contribution in [0.3, 0.4) is 0 Å². The Labute approximate surface area is 129 Å². The summed E-state index contributed by atoms with van der Waals surface area (Å²) in [6.45, 7) is 0. The van der Waals surface area contributed by atoms with Crippen molar-refractivity contribution in [2.75, 3.05) is 11.5 Å². The van der Waals surface area contributed by atoms with E-state index in [-0.39, 0.29) is 17.0 Å². The molecule has 0 aliphatic carbocycles. The van der Waals surface area contributed by atoms with Crippen LogP contribution in [-0.2, 0) is 9.59 Å². The molecule has 2 atom stereocenters. The second kappa shape index (κ2) is 5.66. The maximum Gasteiger partial charge on any atom is 0.352 e. The summed E-state index contributed by atoms with van der Waals surface area (Å²) in [4.78, 5) is 32.7. The van der Waals surface area contributed by atoms with Gasteiger partial charge in [0.2, 0.25) is 5.91 Å². The molecule has 3 heterocycles. The summed E-state index contributed by atoms with van der Waals surface area (Å²) in [6.07, 6.45) is 4.78. The summed E-state index contributed by atoms with van der Waals surface area (Å²) >= 11 is 2.90. The number of carboxylic acids is 1. The number of rotatable bonds is 4. The minimum absolute atomic E-state index is 0.0711. The van der Waals surface area contributed by atoms with Crippen molar-refractivity contribution in [2.45, 2.75) is 16.4 Å². The second-order valence-electron chi connectivity index (χ2n) is 4.53. The van der Waals surface area contributed by atoms with Crippen LogP contribution in [-0.4, -0.2) is 54.8 Å². The van der Waals surface area contributed by atoms with Crippen LogP contribution in [0.1, 0.15) is 0 Å². The molecule has 1 saturated heterocycles. The highest BCUT2D eigenvalue weighted by atomic mass is 32.2. The SMILES string of the molecule is NC1C(=O)N2C(C(=O)O)=C(CSc3cnccn3)CS[C@@H]12. The fraction of sp³-hybridized carbons (Fsp3) is 0.333. The molecule has 2 aliphatic heterocycles. The number of nitrogens with zero attached hydrogens (tertiary/aromatic N) is 3. The zero-order valence-corrected chi connectivity index (χ0v) is 12.4. The van der Waals surface area contributed by atoms with Crippen molar-refractivity contribution < 1.29 is 14.7 Å². The quantitative estimate of drug-likeness (QED) is 0.595. The maximum absolute atomic E-state index is 11.8. The molecule has 21 heavy (non-hydrogen) atoms. The van der Waals surface area contributed by atoms with E-state index in [1.807, 2.05) is 0 Å². The first-order valence-electron chi connectivity index (χ1n) is 6.14. The molecule has 0 spiro atoms. The molecule has 3 rings (SSSR count). The van der Waals surface area contributed by atoms with Crippen LogP contribution in [0.15, 0.2) is 34.9 Å². The number of carboxylic acid groups (broad SMARTS) is 1. The summed E-state index contributed by atoms with van der Waals surface area (Å²) in [6, 6.07) is -0.599. The lowest BCUT2D eigenvalue weighted by molar-refractivity contribution is -0.147. The van der Waals surface area contributed by atoms with Crippen LogP contribution in [0.25, 0.3) is 0 Å². The third-order valence-electron chi connectivity index (χ3n) is 3.22. The van der Waals surface area contributed by atoms with Gasteiger partial charge in [0, 0.05) is 23.9 Å².